The molecule has 102 valence electrons. The summed E-state index contributed by atoms with van der Waals surface area (Å²) < 4.78 is 13.4. The van der Waals surface area contributed by atoms with Crippen LogP contribution >= 0.6 is 15.9 Å². The van der Waals surface area contributed by atoms with Crippen molar-refractivity contribution in [1.82, 2.24) is 0 Å². The second kappa shape index (κ2) is 5.02. The van der Waals surface area contributed by atoms with E-state index in [0.29, 0.717) is 6.42 Å². The van der Waals surface area contributed by atoms with E-state index in [0.717, 1.165) is 27.9 Å². The third kappa shape index (κ3) is 2.36. The molecule has 1 unspecified atom stereocenters. The number of fused-ring (bicyclic) bond motifs is 1. The highest BCUT2D eigenvalue weighted by Crippen LogP contribution is 2.36. The number of rotatable bonds is 2. The third-order valence-corrected chi connectivity index (χ3v) is 4.58. The SMILES string of the molecule is Cc1ccc(F)cc1C(Br)c1ccc2c(c1)CC(=O)N2. The quantitative estimate of drug-likeness (QED) is 0.823. The van der Waals surface area contributed by atoms with Crippen molar-refractivity contribution < 1.29 is 9.18 Å². The average Bonchev–Trinajstić information content (AvgIpc) is 2.79. The molecule has 0 aliphatic carbocycles. The van der Waals surface area contributed by atoms with Gasteiger partial charge in [-0.25, -0.2) is 4.39 Å². The van der Waals surface area contributed by atoms with Crippen LogP contribution in [0.5, 0.6) is 0 Å². The van der Waals surface area contributed by atoms with Crippen molar-refractivity contribution in [2.75, 3.05) is 5.32 Å². The molecule has 0 bridgehead atoms. The van der Waals surface area contributed by atoms with Gasteiger partial charge in [-0.3, -0.25) is 4.79 Å². The molecule has 1 atom stereocenters. The van der Waals surface area contributed by atoms with Gasteiger partial charge in [-0.05, 0) is 47.4 Å². The highest BCUT2D eigenvalue weighted by Gasteiger charge is 2.20. The van der Waals surface area contributed by atoms with Crippen LogP contribution in [0.4, 0.5) is 10.1 Å². The zero-order chi connectivity index (χ0) is 14.3. The van der Waals surface area contributed by atoms with Gasteiger partial charge in [0.15, 0.2) is 0 Å². The van der Waals surface area contributed by atoms with E-state index in [1.165, 1.54) is 6.07 Å². The summed E-state index contributed by atoms with van der Waals surface area (Å²) in [6.07, 6.45) is 0.408. The van der Waals surface area contributed by atoms with Gasteiger partial charge in [0.05, 0.1) is 11.2 Å². The van der Waals surface area contributed by atoms with Crippen LogP contribution in [0.2, 0.25) is 0 Å². The molecule has 0 saturated carbocycles. The molecule has 1 aliphatic heterocycles. The van der Waals surface area contributed by atoms with Crippen LogP contribution in [-0.2, 0) is 11.2 Å². The first-order valence-corrected chi connectivity index (χ1v) is 7.29. The maximum atomic E-state index is 13.4. The minimum Gasteiger partial charge on any atom is -0.326 e. The molecule has 1 aliphatic rings. The van der Waals surface area contributed by atoms with Crippen molar-refractivity contribution in [3.63, 3.8) is 0 Å². The van der Waals surface area contributed by atoms with Crippen LogP contribution in [0, 0.1) is 12.7 Å². The van der Waals surface area contributed by atoms with Crippen molar-refractivity contribution in [3.8, 4) is 0 Å². The fourth-order valence-electron chi connectivity index (χ4n) is 2.47. The molecular weight excluding hydrogens is 321 g/mol. The van der Waals surface area contributed by atoms with Crippen molar-refractivity contribution in [1.29, 1.82) is 0 Å². The van der Waals surface area contributed by atoms with Crippen LogP contribution in [0.15, 0.2) is 36.4 Å². The van der Waals surface area contributed by atoms with Crippen LogP contribution in [0.25, 0.3) is 0 Å². The second-order valence-corrected chi connectivity index (χ2v) is 5.92. The molecule has 0 fully saturated rings. The molecule has 2 nitrogen and oxygen atoms in total. The van der Waals surface area contributed by atoms with Crippen LogP contribution in [0.1, 0.15) is 27.1 Å². The summed E-state index contributed by atoms with van der Waals surface area (Å²) in [5.41, 5.74) is 4.82. The van der Waals surface area contributed by atoms with Gasteiger partial charge in [-0.1, -0.05) is 34.1 Å². The van der Waals surface area contributed by atoms with E-state index < -0.39 is 0 Å². The number of nitrogens with one attached hydrogen (secondary N) is 1. The largest absolute Gasteiger partial charge is 0.326 e. The molecule has 2 aromatic carbocycles. The first-order valence-electron chi connectivity index (χ1n) is 6.37. The highest BCUT2D eigenvalue weighted by atomic mass is 79.9. The van der Waals surface area contributed by atoms with E-state index in [-0.39, 0.29) is 16.6 Å². The second-order valence-electron chi connectivity index (χ2n) is 5.01. The lowest BCUT2D eigenvalue weighted by atomic mass is 9.98. The predicted octanol–water partition coefficient (Wildman–Crippen LogP) is 4.11. The van der Waals surface area contributed by atoms with Gasteiger partial charge in [0.2, 0.25) is 5.91 Å². The zero-order valence-corrected chi connectivity index (χ0v) is 12.5. The summed E-state index contributed by atoms with van der Waals surface area (Å²) in [6, 6.07) is 10.6. The van der Waals surface area contributed by atoms with Gasteiger partial charge >= 0.3 is 0 Å². The van der Waals surface area contributed by atoms with Crippen molar-refractivity contribution >= 4 is 27.5 Å². The van der Waals surface area contributed by atoms with Gasteiger partial charge < -0.3 is 5.32 Å². The number of aryl methyl sites for hydroxylation is 1. The number of alkyl halides is 1. The Morgan fingerprint density at radius 3 is 2.85 bits per heavy atom. The van der Waals surface area contributed by atoms with Gasteiger partial charge in [-0.2, -0.15) is 0 Å². The molecule has 0 aromatic heterocycles. The Hall–Kier alpha value is -1.68. The number of anilines is 1. The molecular formula is C16H13BrFNO. The van der Waals surface area contributed by atoms with Gasteiger partial charge in [0.1, 0.15) is 5.82 Å². The summed E-state index contributed by atoms with van der Waals surface area (Å²) in [4.78, 5) is 11.3. The molecule has 1 amide bonds. The van der Waals surface area contributed by atoms with Crippen molar-refractivity contribution in [2.45, 2.75) is 18.2 Å². The molecule has 1 N–H and O–H groups in total. The Labute approximate surface area is 125 Å². The number of benzene rings is 2. The lowest BCUT2D eigenvalue weighted by molar-refractivity contribution is -0.115. The number of hydrogen-bond acceptors (Lipinski definition) is 1. The monoisotopic (exact) mass is 333 g/mol. The molecule has 0 saturated heterocycles. The molecule has 0 radical (unpaired) electrons. The molecule has 20 heavy (non-hydrogen) atoms. The summed E-state index contributed by atoms with van der Waals surface area (Å²) >= 11 is 3.63. The Morgan fingerprint density at radius 2 is 2.05 bits per heavy atom. The van der Waals surface area contributed by atoms with Crippen molar-refractivity contribution in [3.05, 3.63) is 64.5 Å². The minimum atomic E-state index is -0.243. The normalized spacial score (nSPS) is 14.8. The van der Waals surface area contributed by atoms with Crippen molar-refractivity contribution in [2.24, 2.45) is 0 Å². The van der Waals surface area contributed by atoms with E-state index in [2.05, 4.69) is 21.2 Å². The Bertz CT molecular complexity index is 699. The number of carbonyl (C=O) groups excluding carboxylic acids is 1. The minimum absolute atomic E-state index is 0.0187. The van der Waals surface area contributed by atoms with Crippen LogP contribution in [0.3, 0.4) is 0 Å². The Kier molecular flexibility index (Phi) is 3.34. The first-order chi connectivity index (χ1) is 9.54. The Balaban J connectivity index is 1.99. The topological polar surface area (TPSA) is 29.1 Å². The van der Waals surface area contributed by atoms with E-state index in [9.17, 15) is 9.18 Å². The fraction of sp³-hybridized carbons (Fsp3) is 0.188. The van der Waals surface area contributed by atoms with E-state index >= 15 is 0 Å². The van der Waals surface area contributed by atoms with Gasteiger partial charge in [0, 0.05) is 5.69 Å². The lowest BCUT2D eigenvalue weighted by Gasteiger charge is -2.14. The summed E-state index contributed by atoms with van der Waals surface area (Å²) in [5.74, 6) is -0.224. The van der Waals surface area contributed by atoms with E-state index in [1.54, 1.807) is 12.1 Å². The van der Waals surface area contributed by atoms with E-state index in [1.807, 2.05) is 25.1 Å². The first kappa shape index (κ1) is 13.3. The zero-order valence-electron chi connectivity index (χ0n) is 10.9. The van der Waals surface area contributed by atoms with E-state index in [4.69, 9.17) is 0 Å². The lowest BCUT2D eigenvalue weighted by Crippen LogP contribution is -2.03. The van der Waals surface area contributed by atoms with Crippen LogP contribution < -0.4 is 5.32 Å². The standard InChI is InChI=1S/C16H13BrFNO/c1-9-2-4-12(18)8-13(9)16(17)10-3-5-14-11(6-10)7-15(20)19-14/h2-6,8,16H,7H2,1H3,(H,19,20). The number of carbonyl (C=O) groups is 1. The predicted molar refractivity (Wildman–Crippen MR) is 80.7 cm³/mol. The number of hydrogen-bond donors (Lipinski definition) is 1. The smallest absolute Gasteiger partial charge is 0.228 e. The fourth-order valence-corrected chi connectivity index (χ4v) is 3.25. The van der Waals surface area contributed by atoms with Crippen LogP contribution in [-0.4, -0.2) is 5.91 Å². The Morgan fingerprint density at radius 1 is 1.25 bits per heavy atom. The molecule has 3 rings (SSSR count). The number of amides is 1. The maximum Gasteiger partial charge on any atom is 0.228 e. The average molecular weight is 334 g/mol. The summed E-state index contributed by atoms with van der Waals surface area (Å²) in [7, 11) is 0. The summed E-state index contributed by atoms with van der Waals surface area (Å²) in [5, 5.41) is 2.81. The highest BCUT2D eigenvalue weighted by molar-refractivity contribution is 9.09. The third-order valence-electron chi connectivity index (χ3n) is 3.56. The van der Waals surface area contributed by atoms with Gasteiger partial charge in [-0.15, -0.1) is 0 Å². The molecule has 1 heterocycles. The molecule has 0 spiro atoms. The summed E-state index contributed by atoms with van der Waals surface area (Å²) in [6.45, 7) is 1.96. The maximum absolute atomic E-state index is 13.4. The molecule has 4 heteroatoms. The molecule has 2 aromatic rings. The number of halogens is 2. The van der Waals surface area contributed by atoms with Gasteiger partial charge in [0.25, 0.3) is 0 Å².